The molecule has 31 heavy (non-hydrogen) atoms. The van der Waals surface area contributed by atoms with Gasteiger partial charge in [-0.3, -0.25) is 4.72 Å². The first kappa shape index (κ1) is 23.2. The number of nitrogens with one attached hydrogen (secondary N) is 2. The molecule has 3 rings (SSSR count). The number of aromatic hydroxyl groups is 1. The predicted octanol–water partition coefficient (Wildman–Crippen LogP) is 1.91. The Morgan fingerprint density at radius 1 is 1.26 bits per heavy atom. The molecule has 2 aromatic carbocycles. The van der Waals surface area contributed by atoms with Crippen LogP contribution >= 0.6 is 0 Å². The SMILES string of the molecule is COc1cccc2c1CCC(CNC[C@H](O)COc1ccc(O)c(NS(C)(=O)=O)c1)C2. The van der Waals surface area contributed by atoms with Crippen LogP contribution in [0.4, 0.5) is 5.69 Å². The van der Waals surface area contributed by atoms with E-state index in [9.17, 15) is 18.6 Å². The average Bonchev–Trinajstić information content (AvgIpc) is 2.72. The van der Waals surface area contributed by atoms with Gasteiger partial charge in [-0.05, 0) is 61.1 Å². The molecule has 2 aromatic rings. The summed E-state index contributed by atoms with van der Waals surface area (Å²) in [5, 5.41) is 23.3. The van der Waals surface area contributed by atoms with Crippen molar-refractivity contribution < 1.29 is 28.1 Å². The molecule has 2 atom stereocenters. The van der Waals surface area contributed by atoms with Crippen molar-refractivity contribution in [1.29, 1.82) is 0 Å². The Hall–Kier alpha value is -2.49. The molecule has 0 saturated carbocycles. The number of benzene rings is 2. The number of ether oxygens (including phenoxy) is 2. The third-order valence-electron chi connectivity index (χ3n) is 5.28. The minimum Gasteiger partial charge on any atom is -0.506 e. The van der Waals surface area contributed by atoms with Crippen LogP contribution in [0.2, 0.25) is 0 Å². The molecule has 1 aliphatic carbocycles. The van der Waals surface area contributed by atoms with E-state index in [0.717, 1.165) is 37.8 Å². The lowest BCUT2D eigenvalue weighted by Gasteiger charge is -2.26. The number of anilines is 1. The summed E-state index contributed by atoms with van der Waals surface area (Å²) in [6, 6.07) is 10.4. The summed E-state index contributed by atoms with van der Waals surface area (Å²) in [5.41, 5.74) is 2.65. The van der Waals surface area contributed by atoms with Gasteiger partial charge in [0.25, 0.3) is 0 Å². The summed E-state index contributed by atoms with van der Waals surface area (Å²) in [4.78, 5) is 0. The molecule has 170 valence electrons. The molecule has 0 radical (unpaired) electrons. The van der Waals surface area contributed by atoms with Crippen LogP contribution < -0.4 is 19.5 Å². The molecule has 0 heterocycles. The van der Waals surface area contributed by atoms with Crippen molar-refractivity contribution in [3.05, 3.63) is 47.5 Å². The molecule has 0 aliphatic heterocycles. The molecule has 0 spiro atoms. The maximum Gasteiger partial charge on any atom is 0.229 e. The number of phenolic OH excluding ortho intramolecular Hbond substituents is 1. The molecule has 9 heteroatoms. The van der Waals surface area contributed by atoms with E-state index in [-0.39, 0.29) is 18.0 Å². The molecule has 0 bridgehead atoms. The van der Waals surface area contributed by atoms with Gasteiger partial charge in [0.1, 0.15) is 30.0 Å². The largest absolute Gasteiger partial charge is 0.506 e. The van der Waals surface area contributed by atoms with E-state index < -0.39 is 16.1 Å². The van der Waals surface area contributed by atoms with Crippen molar-refractivity contribution in [2.45, 2.75) is 25.4 Å². The van der Waals surface area contributed by atoms with E-state index in [4.69, 9.17) is 9.47 Å². The Bertz CT molecular complexity index is 995. The van der Waals surface area contributed by atoms with Crippen LogP contribution in [-0.2, 0) is 22.9 Å². The maximum absolute atomic E-state index is 11.4. The number of rotatable bonds is 10. The van der Waals surface area contributed by atoms with Crippen LogP contribution in [0.25, 0.3) is 0 Å². The van der Waals surface area contributed by atoms with Gasteiger partial charge in [0, 0.05) is 12.6 Å². The second-order valence-corrected chi connectivity index (χ2v) is 9.63. The van der Waals surface area contributed by atoms with E-state index in [1.165, 1.54) is 29.3 Å². The van der Waals surface area contributed by atoms with E-state index in [1.54, 1.807) is 7.11 Å². The third kappa shape index (κ3) is 6.75. The number of aliphatic hydroxyl groups is 1. The fourth-order valence-corrected chi connectivity index (χ4v) is 4.37. The molecule has 0 aromatic heterocycles. The average molecular weight is 451 g/mol. The lowest BCUT2D eigenvalue weighted by atomic mass is 9.83. The Balaban J connectivity index is 1.43. The molecule has 0 amide bonds. The molecule has 8 nitrogen and oxygen atoms in total. The molecular formula is C22H30N2O6S. The number of methoxy groups -OCH3 is 1. The van der Waals surface area contributed by atoms with Crippen molar-refractivity contribution in [2.24, 2.45) is 5.92 Å². The van der Waals surface area contributed by atoms with Gasteiger partial charge >= 0.3 is 0 Å². The summed E-state index contributed by atoms with van der Waals surface area (Å²) >= 11 is 0. The first-order valence-electron chi connectivity index (χ1n) is 10.2. The lowest BCUT2D eigenvalue weighted by Crippen LogP contribution is -2.35. The lowest BCUT2D eigenvalue weighted by molar-refractivity contribution is 0.105. The number of hydrogen-bond donors (Lipinski definition) is 4. The number of sulfonamides is 1. The molecule has 1 unspecified atom stereocenters. The van der Waals surface area contributed by atoms with Crippen LogP contribution in [0.15, 0.2) is 36.4 Å². The highest BCUT2D eigenvalue weighted by Gasteiger charge is 2.21. The number of aliphatic hydroxyl groups excluding tert-OH is 1. The van der Waals surface area contributed by atoms with Gasteiger partial charge < -0.3 is 25.0 Å². The van der Waals surface area contributed by atoms with Gasteiger partial charge in [0.2, 0.25) is 10.0 Å². The Morgan fingerprint density at radius 3 is 2.81 bits per heavy atom. The second-order valence-electron chi connectivity index (χ2n) is 7.88. The molecular weight excluding hydrogens is 420 g/mol. The van der Waals surface area contributed by atoms with Gasteiger partial charge in [0.15, 0.2) is 0 Å². The van der Waals surface area contributed by atoms with Gasteiger partial charge in [-0.2, -0.15) is 0 Å². The molecule has 0 fully saturated rings. The highest BCUT2D eigenvalue weighted by molar-refractivity contribution is 7.92. The van der Waals surface area contributed by atoms with Crippen molar-refractivity contribution in [1.82, 2.24) is 5.32 Å². The van der Waals surface area contributed by atoms with Crippen molar-refractivity contribution in [3.63, 3.8) is 0 Å². The fourth-order valence-electron chi connectivity index (χ4n) is 3.80. The van der Waals surface area contributed by atoms with Crippen molar-refractivity contribution in [2.75, 3.05) is 37.8 Å². The Labute approximate surface area is 183 Å². The molecule has 0 saturated heterocycles. The standard InChI is InChI=1S/C22H30N2O6S/c1-29-22-5-3-4-16-10-15(6-8-19(16)22)12-23-13-17(25)14-30-18-7-9-21(26)20(11-18)24-31(2,27)28/h3-5,7,9,11,15,17,23-26H,6,8,10,12-14H2,1-2H3/t15?,17-/m0/s1. The summed E-state index contributed by atoms with van der Waals surface area (Å²) < 4.78 is 35.9. The first-order valence-corrected chi connectivity index (χ1v) is 12.1. The minimum absolute atomic E-state index is 0.0295. The normalized spacial score (nSPS) is 16.9. The zero-order chi connectivity index (χ0) is 22.4. The molecule has 1 aliphatic rings. The quantitative estimate of drug-likeness (QED) is 0.409. The number of hydrogen-bond acceptors (Lipinski definition) is 7. The van der Waals surface area contributed by atoms with Gasteiger partial charge in [-0.15, -0.1) is 0 Å². The van der Waals surface area contributed by atoms with Crippen LogP contribution in [0.5, 0.6) is 17.2 Å². The zero-order valence-corrected chi connectivity index (χ0v) is 18.6. The van der Waals surface area contributed by atoms with Crippen LogP contribution in [0, 0.1) is 5.92 Å². The van der Waals surface area contributed by atoms with Crippen LogP contribution in [-0.4, -0.2) is 57.8 Å². The van der Waals surface area contributed by atoms with Gasteiger partial charge in [-0.1, -0.05) is 12.1 Å². The molecule has 4 N–H and O–H groups in total. The van der Waals surface area contributed by atoms with E-state index >= 15 is 0 Å². The summed E-state index contributed by atoms with van der Waals surface area (Å²) in [6.45, 7) is 1.23. The van der Waals surface area contributed by atoms with Crippen LogP contribution in [0.1, 0.15) is 17.5 Å². The summed E-state index contributed by atoms with van der Waals surface area (Å²) in [6.07, 6.45) is 3.31. The minimum atomic E-state index is -3.53. The first-order chi connectivity index (χ1) is 14.7. The highest BCUT2D eigenvalue weighted by atomic mass is 32.2. The van der Waals surface area contributed by atoms with E-state index in [2.05, 4.69) is 16.1 Å². The Morgan fingerprint density at radius 2 is 2.06 bits per heavy atom. The van der Waals surface area contributed by atoms with E-state index in [1.807, 2.05) is 12.1 Å². The Kier molecular flexibility index (Phi) is 7.64. The van der Waals surface area contributed by atoms with Crippen molar-refractivity contribution >= 4 is 15.7 Å². The monoisotopic (exact) mass is 450 g/mol. The summed E-state index contributed by atoms with van der Waals surface area (Å²) in [7, 11) is -1.82. The fraction of sp³-hybridized carbons (Fsp3) is 0.455. The summed E-state index contributed by atoms with van der Waals surface area (Å²) in [5.74, 6) is 1.60. The third-order valence-corrected chi connectivity index (χ3v) is 5.87. The van der Waals surface area contributed by atoms with E-state index in [0.29, 0.717) is 18.2 Å². The number of fused-ring (bicyclic) bond motifs is 1. The van der Waals surface area contributed by atoms with Crippen LogP contribution in [0.3, 0.4) is 0 Å². The van der Waals surface area contributed by atoms with Gasteiger partial charge in [-0.25, -0.2) is 8.42 Å². The van der Waals surface area contributed by atoms with Crippen molar-refractivity contribution in [3.8, 4) is 17.2 Å². The topological polar surface area (TPSA) is 117 Å². The number of phenols is 1. The zero-order valence-electron chi connectivity index (χ0n) is 17.8. The maximum atomic E-state index is 11.4. The second kappa shape index (κ2) is 10.2. The highest BCUT2D eigenvalue weighted by Crippen LogP contribution is 2.32. The van der Waals surface area contributed by atoms with Gasteiger partial charge in [0.05, 0.1) is 19.1 Å². The predicted molar refractivity (Wildman–Crippen MR) is 119 cm³/mol. The smallest absolute Gasteiger partial charge is 0.229 e.